The molecule has 2 N–H and O–H groups in total. The first-order chi connectivity index (χ1) is 9.22. The summed E-state index contributed by atoms with van der Waals surface area (Å²) in [5, 5.41) is 12.9. The number of hydrogen-bond acceptors (Lipinski definition) is 5. The summed E-state index contributed by atoms with van der Waals surface area (Å²) in [6.45, 7) is 1.86. The van der Waals surface area contributed by atoms with Crippen LogP contribution < -0.4 is 5.32 Å². The van der Waals surface area contributed by atoms with Gasteiger partial charge in [-0.3, -0.25) is 4.79 Å². The van der Waals surface area contributed by atoms with Crippen LogP contribution in [0.15, 0.2) is 22.8 Å². The minimum atomic E-state index is -0.716. The fourth-order valence-corrected chi connectivity index (χ4v) is 2.29. The van der Waals surface area contributed by atoms with Gasteiger partial charge >= 0.3 is 0 Å². The Labute approximate surface area is 124 Å². The van der Waals surface area contributed by atoms with Crippen LogP contribution in [0.1, 0.15) is 18.3 Å². The molecule has 1 aromatic rings. The number of hydrogen-bond donors (Lipinski definition) is 2. The van der Waals surface area contributed by atoms with Gasteiger partial charge in [-0.25, -0.2) is 0 Å². The van der Waals surface area contributed by atoms with E-state index in [9.17, 15) is 9.90 Å². The van der Waals surface area contributed by atoms with E-state index < -0.39 is 6.10 Å². The highest BCUT2D eigenvalue weighted by molar-refractivity contribution is 5.85. The molecule has 1 aliphatic rings. The van der Waals surface area contributed by atoms with E-state index in [4.69, 9.17) is 9.15 Å². The first-order valence-electron chi connectivity index (χ1n) is 6.45. The van der Waals surface area contributed by atoms with Crippen LogP contribution in [0.2, 0.25) is 0 Å². The summed E-state index contributed by atoms with van der Waals surface area (Å²) in [6, 6.07) is 3.35. The van der Waals surface area contributed by atoms with Crippen LogP contribution in [-0.4, -0.2) is 55.3 Å². The second-order valence-corrected chi connectivity index (χ2v) is 4.61. The summed E-state index contributed by atoms with van der Waals surface area (Å²) in [7, 11) is 1.74. The molecule has 2 unspecified atom stereocenters. The molecule has 1 saturated heterocycles. The van der Waals surface area contributed by atoms with Gasteiger partial charge in [0.15, 0.2) is 0 Å². The molecule has 0 saturated carbocycles. The zero-order valence-electron chi connectivity index (χ0n) is 11.4. The number of ether oxygens (including phenoxy) is 1. The van der Waals surface area contributed by atoms with E-state index in [1.807, 2.05) is 0 Å². The van der Waals surface area contributed by atoms with Crippen molar-refractivity contribution < 1.29 is 19.1 Å². The molecule has 0 aromatic carbocycles. The molecule has 114 valence electrons. The molecule has 1 aromatic heterocycles. The Balaban J connectivity index is 0.00000200. The second kappa shape index (κ2) is 8.26. The molecule has 0 spiro atoms. The van der Waals surface area contributed by atoms with Crippen molar-refractivity contribution in [1.82, 2.24) is 10.2 Å². The van der Waals surface area contributed by atoms with Gasteiger partial charge in [-0.1, -0.05) is 0 Å². The molecule has 0 radical (unpaired) electrons. The summed E-state index contributed by atoms with van der Waals surface area (Å²) in [6.07, 6.45) is 1.23. The van der Waals surface area contributed by atoms with E-state index in [2.05, 4.69) is 5.32 Å². The van der Waals surface area contributed by atoms with Crippen LogP contribution in [0.3, 0.4) is 0 Å². The number of aliphatic hydroxyl groups excluding tert-OH is 1. The number of nitrogens with one attached hydrogen (secondary N) is 1. The third kappa shape index (κ3) is 4.21. The van der Waals surface area contributed by atoms with Crippen molar-refractivity contribution in [2.45, 2.75) is 18.6 Å². The fourth-order valence-electron chi connectivity index (χ4n) is 2.29. The lowest BCUT2D eigenvalue weighted by Crippen LogP contribution is -2.51. The lowest BCUT2D eigenvalue weighted by molar-refractivity contribution is -0.140. The van der Waals surface area contributed by atoms with Gasteiger partial charge in [0.2, 0.25) is 5.91 Å². The van der Waals surface area contributed by atoms with Crippen LogP contribution in [-0.2, 0) is 9.53 Å². The fraction of sp³-hybridized carbons (Fsp3) is 0.615. The molecule has 0 aliphatic carbocycles. The third-order valence-corrected chi connectivity index (χ3v) is 3.24. The van der Waals surface area contributed by atoms with Gasteiger partial charge in [0.1, 0.15) is 11.9 Å². The van der Waals surface area contributed by atoms with Crippen LogP contribution in [0.4, 0.5) is 0 Å². The van der Waals surface area contributed by atoms with Gasteiger partial charge in [0.05, 0.1) is 32.1 Å². The van der Waals surface area contributed by atoms with Gasteiger partial charge < -0.3 is 24.5 Å². The quantitative estimate of drug-likeness (QED) is 0.832. The Hall–Kier alpha value is -1.08. The number of carbonyl (C=O) groups excluding carboxylic acids is 1. The molecule has 7 heteroatoms. The second-order valence-electron chi connectivity index (χ2n) is 4.61. The summed E-state index contributed by atoms with van der Waals surface area (Å²) in [4.78, 5) is 13.7. The number of aliphatic hydroxyl groups is 1. The van der Waals surface area contributed by atoms with Crippen molar-refractivity contribution >= 4 is 18.3 Å². The van der Waals surface area contributed by atoms with Crippen molar-refractivity contribution in [2.24, 2.45) is 0 Å². The maximum atomic E-state index is 12.0. The smallest absolute Gasteiger partial charge is 0.236 e. The van der Waals surface area contributed by atoms with Gasteiger partial charge in [-0.15, -0.1) is 12.4 Å². The van der Waals surface area contributed by atoms with E-state index in [0.717, 1.165) is 0 Å². The number of furan rings is 1. The lowest BCUT2D eigenvalue weighted by atomic mass is 10.1. The van der Waals surface area contributed by atoms with Crippen molar-refractivity contribution in [3.05, 3.63) is 24.2 Å². The Kier molecular flexibility index (Phi) is 7.01. The zero-order valence-corrected chi connectivity index (χ0v) is 12.3. The van der Waals surface area contributed by atoms with Crippen LogP contribution >= 0.6 is 12.4 Å². The molecule has 6 nitrogen and oxygen atoms in total. The van der Waals surface area contributed by atoms with E-state index in [-0.39, 0.29) is 24.4 Å². The molecular weight excluding hydrogens is 284 g/mol. The molecule has 20 heavy (non-hydrogen) atoms. The maximum Gasteiger partial charge on any atom is 0.236 e. The van der Waals surface area contributed by atoms with Crippen LogP contribution in [0.5, 0.6) is 0 Å². The molecule has 0 bridgehead atoms. The largest absolute Gasteiger partial charge is 0.467 e. The highest BCUT2D eigenvalue weighted by Gasteiger charge is 2.29. The Morgan fingerprint density at radius 2 is 2.45 bits per heavy atom. The number of likely N-dealkylation sites (N-methyl/N-ethyl adjacent to an activating group) is 1. The third-order valence-electron chi connectivity index (χ3n) is 3.24. The first kappa shape index (κ1) is 17.0. The standard InChI is InChI=1S/C13H20N2O4.ClH/c1-14-8-13(17)15-4-6-18-9-10(15)7-11(16)12-3-2-5-19-12;/h2-3,5,10-11,14,16H,4,6-9H2,1H3;1H. The molecule has 1 amide bonds. The molecule has 1 aliphatic heterocycles. The molecule has 2 rings (SSSR count). The highest BCUT2D eigenvalue weighted by Crippen LogP contribution is 2.22. The summed E-state index contributed by atoms with van der Waals surface area (Å²) < 4.78 is 10.6. The lowest BCUT2D eigenvalue weighted by Gasteiger charge is -2.36. The normalized spacial score (nSPS) is 20.3. The van der Waals surface area contributed by atoms with E-state index in [1.54, 1.807) is 24.1 Å². The number of morpholine rings is 1. The minimum absolute atomic E-state index is 0. The number of rotatable bonds is 5. The number of amides is 1. The summed E-state index contributed by atoms with van der Waals surface area (Å²) in [5.74, 6) is 0.550. The van der Waals surface area contributed by atoms with E-state index in [0.29, 0.717) is 38.5 Å². The van der Waals surface area contributed by atoms with Gasteiger partial charge in [0, 0.05) is 13.0 Å². The van der Waals surface area contributed by atoms with E-state index in [1.165, 1.54) is 6.26 Å². The molecule has 1 fully saturated rings. The van der Waals surface area contributed by atoms with Crippen molar-refractivity contribution in [2.75, 3.05) is 33.4 Å². The van der Waals surface area contributed by atoms with Crippen molar-refractivity contribution in [3.63, 3.8) is 0 Å². The van der Waals surface area contributed by atoms with Gasteiger partial charge in [-0.2, -0.15) is 0 Å². The first-order valence-corrected chi connectivity index (χ1v) is 6.45. The minimum Gasteiger partial charge on any atom is -0.467 e. The molecule has 2 heterocycles. The molecular formula is C13H21ClN2O4. The van der Waals surface area contributed by atoms with E-state index >= 15 is 0 Å². The molecule has 2 atom stereocenters. The SMILES string of the molecule is CNCC(=O)N1CCOCC1CC(O)c1ccco1.Cl. The summed E-state index contributed by atoms with van der Waals surface area (Å²) in [5.41, 5.74) is 0. The maximum absolute atomic E-state index is 12.0. The average Bonchev–Trinajstić information content (AvgIpc) is 2.93. The predicted octanol–water partition coefficient (Wildman–Crippen LogP) is 0.572. The van der Waals surface area contributed by atoms with Gasteiger partial charge in [-0.05, 0) is 19.2 Å². The van der Waals surface area contributed by atoms with Crippen molar-refractivity contribution in [1.29, 1.82) is 0 Å². The average molecular weight is 305 g/mol. The summed E-state index contributed by atoms with van der Waals surface area (Å²) >= 11 is 0. The Bertz CT molecular complexity index is 399. The van der Waals surface area contributed by atoms with Gasteiger partial charge in [0.25, 0.3) is 0 Å². The zero-order chi connectivity index (χ0) is 13.7. The topological polar surface area (TPSA) is 74.9 Å². The predicted molar refractivity (Wildman–Crippen MR) is 75.8 cm³/mol. The van der Waals surface area contributed by atoms with Crippen LogP contribution in [0, 0.1) is 0 Å². The highest BCUT2D eigenvalue weighted by atomic mass is 35.5. The van der Waals surface area contributed by atoms with Crippen LogP contribution in [0.25, 0.3) is 0 Å². The number of nitrogens with zero attached hydrogens (tertiary/aromatic N) is 1. The number of halogens is 1. The Morgan fingerprint density at radius 1 is 1.65 bits per heavy atom. The number of carbonyl (C=O) groups is 1. The monoisotopic (exact) mass is 304 g/mol. The van der Waals surface area contributed by atoms with Crippen molar-refractivity contribution in [3.8, 4) is 0 Å². The Morgan fingerprint density at radius 3 is 3.10 bits per heavy atom.